The third kappa shape index (κ3) is 15.1. The van der Waals surface area contributed by atoms with E-state index in [4.69, 9.17) is 29.4 Å². The van der Waals surface area contributed by atoms with Crippen molar-refractivity contribution in [2.75, 3.05) is 0 Å². The van der Waals surface area contributed by atoms with Gasteiger partial charge in [-0.1, -0.05) is 26.3 Å². The van der Waals surface area contributed by atoms with E-state index in [9.17, 15) is 64.2 Å². The van der Waals surface area contributed by atoms with Gasteiger partial charge in [0.2, 0.25) is 0 Å². The Morgan fingerprint density at radius 3 is 1.39 bits per heavy atom. The number of aromatic nitrogens is 8. The van der Waals surface area contributed by atoms with Crippen LogP contribution in [-0.2, 0) is 49.5 Å². The molecule has 23 heteroatoms. The molecule has 10 heterocycles. The number of rotatable bonds is 20. The van der Waals surface area contributed by atoms with Gasteiger partial charge in [-0.15, -0.1) is 0 Å². The van der Waals surface area contributed by atoms with Gasteiger partial charge in [0.15, 0.2) is 17.2 Å². The molecule has 3 saturated carbocycles. The fourth-order valence-corrected chi connectivity index (χ4v) is 21.1. The van der Waals surface area contributed by atoms with E-state index in [1.165, 1.54) is 12.5 Å². The van der Waals surface area contributed by atoms with Crippen LogP contribution in [-0.4, -0.2) is 124 Å². The topological polar surface area (TPSA) is 374 Å². The molecule has 0 saturated heterocycles. The number of Topliss-reactive ketones (excluding diaryl/α,β-unsaturated/α-hetero) is 1. The molecule has 8 aliphatic rings. The lowest BCUT2D eigenvalue weighted by molar-refractivity contribution is -0.187. The predicted molar refractivity (Wildman–Crippen MR) is 444 cm³/mol. The number of nitrogens with zero attached hydrogens (tertiary/aromatic N) is 4. The van der Waals surface area contributed by atoms with Gasteiger partial charge in [0.25, 0.3) is 0 Å². The van der Waals surface area contributed by atoms with Crippen LogP contribution in [0.1, 0.15) is 288 Å². The number of hydrogen-bond acceptors (Lipinski definition) is 15. The molecule has 11 atom stereocenters. The van der Waals surface area contributed by atoms with Crippen molar-refractivity contribution in [2.24, 2.45) is 34.5 Å². The number of ketones is 2. The molecule has 3 fully saturated rings. The Morgan fingerprint density at radius 1 is 0.487 bits per heavy atom. The van der Waals surface area contributed by atoms with E-state index in [0.717, 1.165) is 116 Å². The number of nitrogens with one attached hydrogen (secondary N) is 4. The Morgan fingerprint density at radius 2 is 0.896 bits per heavy atom. The Hall–Kier alpha value is -10.5. The van der Waals surface area contributed by atoms with E-state index in [0.29, 0.717) is 132 Å². The van der Waals surface area contributed by atoms with Crippen LogP contribution >= 0.6 is 0 Å². The summed E-state index contributed by atoms with van der Waals surface area (Å²) >= 11 is 0. The number of aromatic amines is 4. The summed E-state index contributed by atoms with van der Waals surface area (Å²) in [5, 5.41) is 62.2. The number of hydrogen-bond donors (Lipinski definition) is 10. The summed E-state index contributed by atoms with van der Waals surface area (Å²) in [5.74, 6) is -2.00. The Kier molecular flexibility index (Phi) is 22.7. The van der Waals surface area contributed by atoms with E-state index in [1.807, 2.05) is 124 Å². The zero-order chi connectivity index (χ0) is 83.3. The average molecular weight is 1570 g/mol. The lowest BCUT2D eigenvalue weighted by Crippen LogP contribution is -2.59. The minimum atomic E-state index is -0.962. The number of aliphatic hydroxyl groups excluding tert-OH is 2. The highest BCUT2D eigenvalue weighted by molar-refractivity contribution is 6.00. The number of fused-ring (bicyclic) bond motifs is 21. The van der Waals surface area contributed by atoms with Crippen LogP contribution in [0.3, 0.4) is 0 Å². The number of H-pyrrole nitrogens is 4. The quantitative estimate of drug-likeness (QED) is 0.0317. The first-order valence-corrected chi connectivity index (χ1v) is 40.4. The first kappa shape index (κ1) is 82.5. The van der Waals surface area contributed by atoms with Gasteiger partial charge in [-0.25, -0.2) is 19.9 Å². The van der Waals surface area contributed by atoms with E-state index in [1.54, 1.807) is 20.8 Å². The van der Waals surface area contributed by atoms with Crippen molar-refractivity contribution in [3.05, 3.63) is 150 Å². The maximum atomic E-state index is 12.8. The zero-order valence-corrected chi connectivity index (χ0v) is 69.1. The molecule has 6 aromatic rings. The number of aliphatic carboxylic acids is 4. The summed E-state index contributed by atoms with van der Waals surface area (Å²) in [7, 11) is 0. The number of aliphatic hydroxyl groups is 2. The first-order valence-electron chi connectivity index (χ1n) is 40.4. The lowest BCUT2D eigenvalue weighted by atomic mass is 9.44. The van der Waals surface area contributed by atoms with Gasteiger partial charge < -0.3 is 60.0 Å². The Labute approximate surface area is 669 Å². The summed E-state index contributed by atoms with van der Waals surface area (Å²) in [6.07, 6.45) is 5.47. The second-order valence-corrected chi connectivity index (χ2v) is 33.9. The zero-order valence-electron chi connectivity index (χ0n) is 69.1. The summed E-state index contributed by atoms with van der Waals surface area (Å²) in [4.78, 5) is 120. The normalized spacial score (nSPS) is 22.9. The lowest BCUT2D eigenvalue weighted by Gasteiger charge is -2.60. The maximum Gasteiger partial charge on any atom is 0.303 e. The van der Waals surface area contributed by atoms with Crippen LogP contribution in [0.4, 0.5) is 0 Å². The average Bonchev–Trinajstić information content (AvgIpc) is 1.62. The number of carboxylic acid groups (broad SMARTS) is 4. The number of ether oxygens (including phenoxy) is 2. The summed E-state index contributed by atoms with van der Waals surface area (Å²) < 4.78 is 13.1. The van der Waals surface area contributed by atoms with E-state index >= 15 is 0 Å². The first-order chi connectivity index (χ1) is 54.2. The van der Waals surface area contributed by atoms with Crippen LogP contribution in [0.15, 0.2) is 60.2 Å². The van der Waals surface area contributed by atoms with Gasteiger partial charge in [-0.3, -0.25) is 33.6 Å². The summed E-state index contributed by atoms with van der Waals surface area (Å²) in [6, 6.07) is 15.3. The van der Waals surface area contributed by atoms with E-state index in [-0.39, 0.29) is 79.7 Å². The Balaban J connectivity index is 0.000000343. The molecule has 4 aliphatic carbocycles. The number of allylic oxidation sites excluding steroid dienone is 8. The molecule has 16 bridgehead atoms. The second kappa shape index (κ2) is 31.6. The number of carbonyl (C=O) groups excluding carboxylic acids is 3. The van der Waals surface area contributed by atoms with Crippen molar-refractivity contribution < 1.29 is 73.7 Å². The Bertz CT molecular complexity index is 5670. The van der Waals surface area contributed by atoms with Crippen molar-refractivity contribution >= 4 is 130 Å². The molecule has 4 aliphatic heterocycles. The van der Waals surface area contributed by atoms with Crippen LogP contribution in [0.25, 0.3) is 88.7 Å². The molecular weight excluding hydrogens is 1460 g/mol. The van der Waals surface area contributed by atoms with Crippen LogP contribution in [0, 0.1) is 62.2 Å². The third-order valence-corrected chi connectivity index (χ3v) is 27.0. The fraction of sp³-hybridized carbons (Fsp3) is 0.467. The van der Waals surface area contributed by atoms with Crippen molar-refractivity contribution in [1.82, 2.24) is 39.9 Å². The molecule has 0 spiro atoms. The molecule has 4 unspecified atom stereocenters. The fourth-order valence-electron chi connectivity index (χ4n) is 21.1. The van der Waals surface area contributed by atoms with Gasteiger partial charge >= 0.3 is 29.8 Å². The SMILES string of the molecule is CC(=O)O[C@]1(C(C)=O)CC[C@H]2[C@@H]3C[C@H](C)C4=CC(=O)CC[C@]4(C)[C@H]3CC[C@@]21C.CC1=C(CCC(=O)O)c2cc3nc(cc4[nH]c(cc5[nH]c(cc1n2)c(C)c5C(C)OC(C)c1c(C)c2cc5nc(cc6nc(cc7[nH]c(cc1[nH]2)c(C)c7CCC(=O)O)C(CCC(=O)O)=C6C)C(C)=C5C(C)O)c(C)c4C(C)O)C(C)=C3CCC(=O)O. The molecule has 606 valence electrons. The molecule has 14 rings (SSSR count). The van der Waals surface area contributed by atoms with Crippen LogP contribution < -0.4 is 0 Å². The third-order valence-electron chi connectivity index (χ3n) is 27.0. The molecule has 115 heavy (non-hydrogen) atoms. The highest BCUT2D eigenvalue weighted by Gasteiger charge is 2.68. The van der Waals surface area contributed by atoms with Gasteiger partial charge in [0.05, 0.1) is 70.0 Å². The number of carboxylic acids is 4. The maximum absolute atomic E-state index is 12.8. The minimum Gasteiger partial charge on any atom is -0.481 e. The summed E-state index contributed by atoms with van der Waals surface area (Å²) in [6.45, 7) is 32.8. The molecule has 23 nitrogen and oxygen atoms in total. The highest BCUT2D eigenvalue weighted by Crippen LogP contribution is 2.69. The van der Waals surface area contributed by atoms with E-state index < -0.39 is 53.9 Å². The van der Waals surface area contributed by atoms with Gasteiger partial charge in [-0.2, -0.15) is 0 Å². The summed E-state index contributed by atoms with van der Waals surface area (Å²) in [5.41, 5.74) is 22.7. The highest BCUT2D eigenvalue weighted by atomic mass is 16.6. The second-order valence-electron chi connectivity index (χ2n) is 33.9. The largest absolute Gasteiger partial charge is 0.481 e. The van der Waals surface area contributed by atoms with Gasteiger partial charge in [0, 0.05) is 111 Å². The number of carbonyl (C=O) groups is 7. The molecule has 0 amide bonds. The number of aryl methyl sites for hydroxylation is 5. The number of esters is 1. The predicted octanol–water partition coefficient (Wildman–Crippen LogP) is 18.4. The van der Waals surface area contributed by atoms with Crippen molar-refractivity contribution in [3.63, 3.8) is 0 Å². The van der Waals surface area contributed by atoms with Gasteiger partial charge in [0.1, 0.15) is 0 Å². The monoisotopic (exact) mass is 1560 g/mol. The van der Waals surface area contributed by atoms with Gasteiger partial charge in [-0.05, 0) is 305 Å². The molecule has 6 aromatic heterocycles. The molecular formula is C92H108N8O15. The smallest absolute Gasteiger partial charge is 0.303 e. The molecule has 0 aromatic carbocycles. The minimum absolute atomic E-state index is 0.00469. The molecule has 10 N–H and O–H groups in total. The van der Waals surface area contributed by atoms with Crippen LogP contribution in [0.2, 0.25) is 0 Å². The van der Waals surface area contributed by atoms with Crippen molar-refractivity contribution in [3.8, 4) is 0 Å². The van der Waals surface area contributed by atoms with Crippen molar-refractivity contribution in [2.45, 2.75) is 244 Å². The molecule has 0 radical (unpaired) electrons. The van der Waals surface area contributed by atoms with E-state index in [2.05, 4.69) is 40.7 Å². The van der Waals surface area contributed by atoms with Crippen molar-refractivity contribution in [1.29, 1.82) is 0 Å². The standard InChI is InChI=1S/C68H74N8O11.C24H34O4/c1-29-41(13-17-61(79)80)53-28-56-44(16-20-64(85)86)32(4)48(72-56)24-59-68(36(8)52(76-59)25-58-65(37(9)77)33(5)49(73-58)21-45(29)69-53)40(12)87-39(11)67-35(7)50-22-46-30(2)42(14-18-62(81)82)54(70-46)27-55-43(15-19-63(83)84)31(3)47(71-55)23-57-66(38(10)78)34(6)51(74-57)26-60(67)75-50;1-14-12-18-19(22(4)9-6-17(27)13-21(14)22)7-10-23(5)20(18)8-11-24(23,15(2)25)28-16(3)26/h21-28,37-40,72,74-78H,13-20H2,1-12H3,(H,79,80)(H,81,82)(H,83,84)(H,85,86);13-14,18-20H,6-12H2,1-5H3/t;14-,18+,19-,20-,22+,23-,24-/m.0/s1. The van der Waals surface area contributed by atoms with Crippen LogP contribution in [0.5, 0.6) is 0 Å².